The zero-order valence-electron chi connectivity index (χ0n) is 17.9. The summed E-state index contributed by atoms with van der Waals surface area (Å²) in [6, 6.07) is 8.82. The number of carbonyl (C=O) groups excluding carboxylic acids is 1. The summed E-state index contributed by atoms with van der Waals surface area (Å²) in [5, 5.41) is 28.6. The van der Waals surface area contributed by atoms with Crippen LogP contribution in [0.4, 0.5) is 11.4 Å². The van der Waals surface area contributed by atoms with Gasteiger partial charge in [-0.1, -0.05) is 0 Å². The van der Waals surface area contributed by atoms with Crippen molar-refractivity contribution in [2.45, 2.75) is 37.8 Å². The molecule has 2 aromatic heterocycles. The van der Waals surface area contributed by atoms with E-state index in [4.69, 9.17) is 9.84 Å². The lowest BCUT2D eigenvalue weighted by Gasteiger charge is -2.25. The van der Waals surface area contributed by atoms with Crippen LogP contribution in [0.2, 0.25) is 0 Å². The number of anilines is 2. The number of fused-ring (bicyclic) bond motifs is 1. The number of hydrogen-bond acceptors (Lipinski definition) is 6. The van der Waals surface area contributed by atoms with E-state index in [1.165, 1.54) is 13.2 Å². The molecule has 31 heavy (non-hydrogen) atoms. The monoisotopic (exact) mass is 426 g/mol. The third kappa shape index (κ3) is 4.13. The average Bonchev–Trinajstić information content (AvgIpc) is 3.16. The van der Waals surface area contributed by atoms with Crippen molar-refractivity contribution < 1.29 is 24.6 Å². The minimum Gasteiger partial charge on any atom is -0.445 e. The Morgan fingerprint density at radius 2 is 2.00 bits per heavy atom. The Morgan fingerprint density at radius 3 is 2.68 bits per heavy atom. The molecule has 0 aliphatic heterocycles. The number of nitrogens with one attached hydrogen (secondary N) is 1. The molecule has 164 valence electrons. The molecule has 3 N–H and O–H groups in total. The summed E-state index contributed by atoms with van der Waals surface area (Å²) >= 11 is 0. The van der Waals surface area contributed by atoms with Gasteiger partial charge >= 0.3 is 17.5 Å². The summed E-state index contributed by atoms with van der Waals surface area (Å²) < 4.78 is 7.77. The van der Waals surface area contributed by atoms with Crippen LogP contribution in [0.3, 0.4) is 0 Å². The van der Waals surface area contributed by atoms with Crippen molar-refractivity contribution in [2.75, 3.05) is 31.4 Å². The highest BCUT2D eigenvalue weighted by Gasteiger charge is 2.26. The Kier molecular flexibility index (Phi) is 5.69. The van der Waals surface area contributed by atoms with Gasteiger partial charge in [-0.05, 0) is 43.9 Å². The van der Waals surface area contributed by atoms with Crippen molar-refractivity contribution in [3.63, 3.8) is 0 Å². The smallest absolute Gasteiger partial charge is 0.417 e. The maximum absolute atomic E-state index is 12.9. The summed E-state index contributed by atoms with van der Waals surface area (Å²) in [7, 11) is 5.22. The van der Waals surface area contributed by atoms with E-state index in [2.05, 4.69) is 5.32 Å². The molecule has 0 bridgehead atoms. The van der Waals surface area contributed by atoms with E-state index in [0.29, 0.717) is 5.69 Å². The molecule has 9 heteroatoms. The average molecular weight is 426 g/mol. The van der Waals surface area contributed by atoms with Crippen LogP contribution in [0.15, 0.2) is 36.5 Å². The quantitative estimate of drug-likeness (QED) is 0.428. The number of aliphatic hydroxyl groups excluding tert-OH is 1. The first kappa shape index (κ1) is 20.9. The predicted octanol–water partition coefficient (Wildman–Crippen LogP) is 2.36. The van der Waals surface area contributed by atoms with Crippen molar-refractivity contribution in [2.24, 2.45) is 0 Å². The minimum atomic E-state index is -0.461. The van der Waals surface area contributed by atoms with E-state index < -0.39 is 5.91 Å². The molecule has 1 saturated carbocycles. The fourth-order valence-corrected chi connectivity index (χ4v) is 4.05. The zero-order valence-corrected chi connectivity index (χ0v) is 17.9. The summed E-state index contributed by atoms with van der Waals surface area (Å²) in [5.41, 5.74) is 2.31. The number of pyridine rings is 1. The molecule has 0 saturated heterocycles. The third-order valence-corrected chi connectivity index (χ3v) is 5.78. The predicted molar refractivity (Wildman–Crippen MR) is 116 cm³/mol. The molecule has 1 fully saturated rings. The molecule has 0 radical (unpaired) electrons. The summed E-state index contributed by atoms with van der Waals surface area (Å²) in [5.74, 6) is -0.299. The first-order chi connectivity index (χ1) is 14.9. The van der Waals surface area contributed by atoms with Crippen LogP contribution in [-0.4, -0.2) is 53.3 Å². The molecule has 1 amide bonds. The van der Waals surface area contributed by atoms with Crippen molar-refractivity contribution in [1.82, 2.24) is 9.78 Å². The number of hydrogen-bond donors (Lipinski definition) is 3. The number of ether oxygens (including phenoxy) is 1. The van der Waals surface area contributed by atoms with E-state index in [1.54, 1.807) is 12.1 Å². The largest absolute Gasteiger partial charge is 0.445 e. The van der Waals surface area contributed by atoms with Gasteiger partial charge < -0.3 is 20.1 Å². The van der Waals surface area contributed by atoms with Crippen LogP contribution in [-0.2, 0) is 0 Å². The van der Waals surface area contributed by atoms with E-state index in [1.807, 2.05) is 42.0 Å². The van der Waals surface area contributed by atoms with Crippen molar-refractivity contribution in [3.05, 3.63) is 42.2 Å². The molecule has 4 rings (SSSR count). The molecule has 9 nitrogen and oxygen atoms in total. The molecular weight excluding hydrogens is 398 g/mol. The Morgan fingerprint density at radius 1 is 1.26 bits per heavy atom. The molecular formula is C22H28N5O4+. The maximum Gasteiger partial charge on any atom is 0.417 e. The van der Waals surface area contributed by atoms with Crippen molar-refractivity contribution in [1.29, 1.82) is 0 Å². The second-order valence-electron chi connectivity index (χ2n) is 8.11. The van der Waals surface area contributed by atoms with Gasteiger partial charge in [0.15, 0.2) is 0 Å². The zero-order chi connectivity index (χ0) is 22.1. The van der Waals surface area contributed by atoms with Gasteiger partial charge in [0.1, 0.15) is 0 Å². The summed E-state index contributed by atoms with van der Waals surface area (Å²) in [6.07, 6.45) is 5.14. The topological polar surface area (TPSA) is 104 Å². The van der Waals surface area contributed by atoms with E-state index in [-0.39, 0.29) is 23.7 Å². The molecule has 1 aliphatic carbocycles. The molecule has 0 atom stereocenters. The first-order valence-electron chi connectivity index (χ1n) is 10.4. The van der Waals surface area contributed by atoms with E-state index >= 15 is 0 Å². The van der Waals surface area contributed by atoms with Gasteiger partial charge in [0.25, 0.3) is 0 Å². The first-order valence-corrected chi connectivity index (χ1v) is 10.4. The highest BCUT2D eigenvalue weighted by Crippen LogP contribution is 2.33. The number of carbonyl (C=O) groups is 1. The second-order valence-corrected chi connectivity index (χ2v) is 8.11. The number of benzene rings is 1. The number of amides is 1. The fraction of sp³-hybridized carbons (Fsp3) is 0.409. The van der Waals surface area contributed by atoms with Crippen LogP contribution < -0.4 is 19.7 Å². The van der Waals surface area contributed by atoms with Gasteiger partial charge in [-0.3, -0.25) is 14.7 Å². The Balaban J connectivity index is 1.66. The van der Waals surface area contributed by atoms with Crippen LogP contribution in [0.5, 0.6) is 5.88 Å². The van der Waals surface area contributed by atoms with Crippen molar-refractivity contribution in [3.8, 4) is 5.88 Å². The highest BCUT2D eigenvalue weighted by molar-refractivity contribution is 6.05. The van der Waals surface area contributed by atoms with Gasteiger partial charge in [0.05, 0.1) is 46.9 Å². The highest BCUT2D eigenvalue weighted by atomic mass is 16.5. The van der Waals surface area contributed by atoms with Gasteiger partial charge in [0, 0.05) is 31.7 Å². The molecule has 3 aromatic rings. The van der Waals surface area contributed by atoms with Crippen molar-refractivity contribution >= 4 is 28.2 Å². The summed E-state index contributed by atoms with van der Waals surface area (Å²) in [6.45, 7) is 0. The number of methoxy groups -OCH3 is 1. The minimum absolute atomic E-state index is 0.0561. The lowest BCUT2D eigenvalue weighted by atomic mass is 9.93. The van der Waals surface area contributed by atoms with Gasteiger partial charge in [0.2, 0.25) is 0 Å². The molecule has 0 spiro atoms. The lowest BCUT2D eigenvalue weighted by Crippen LogP contribution is -2.40. The second kappa shape index (κ2) is 8.43. The standard InChI is InChI=1S/C22H27N5O4/c1-25(2)20-12-17-14(13-26(24-17)15-7-9-16(28)10-8-15)11-18(20)23-22(29)19-5-4-6-21(31-3)27(19)30/h4-6,11-13,15-16,28H,7-10H2,1-3H3,(H-,23,29,30)/p+1. The normalized spacial score (nSPS) is 18.7. The van der Waals surface area contributed by atoms with Crippen LogP contribution in [0.25, 0.3) is 10.9 Å². The molecule has 2 heterocycles. The Hall–Kier alpha value is -3.33. The number of nitrogens with zero attached hydrogens (tertiary/aromatic N) is 4. The summed E-state index contributed by atoms with van der Waals surface area (Å²) in [4.78, 5) is 14.8. The molecule has 1 aliphatic rings. The van der Waals surface area contributed by atoms with Gasteiger partial charge in [-0.15, -0.1) is 0 Å². The van der Waals surface area contributed by atoms with Crippen LogP contribution >= 0.6 is 0 Å². The Bertz CT molecular complexity index is 1100. The number of rotatable bonds is 5. The van der Waals surface area contributed by atoms with E-state index in [9.17, 15) is 15.1 Å². The Labute approximate surface area is 180 Å². The number of aromatic nitrogens is 3. The molecule has 0 unspecified atom stereocenters. The molecule has 1 aromatic carbocycles. The fourth-order valence-electron chi connectivity index (χ4n) is 4.05. The number of aliphatic hydroxyl groups is 1. The maximum atomic E-state index is 12.9. The lowest BCUT2D eigenvalue weighted by molar-refractivity contribution is -0.907. The van der Waals surface area contributed by atoms with Crippen LogP contribution in [0, 0.1) is 0 Å². The van der Waals surface area contributed by atoms with Gasteiger partial charge in [-0.25, -0.2) is 0 Å². The SMILES string of the molecule is COc1cccc(C(=O)Nc2cc3cn(C4CCC(O)CC4)nc3cc2N(C)C)[n+]1O. The van der Waals surface area contributed by atoms with E-state index in [0.717, 1.165) is 47.0 Å². The van der Waals surface area contributed by atoms with Gasteiger partial charge in [-0.2, -0.15) is 5.10 Å². The van der Waals surface area contributed by atoms with Crippen LogP contribution in [0.1, 0.15) is 42.2 Å². The third-order valence-electron chi connectivity index (χ3n) is 5.78.